The van der Waals surface area contributed by atoms with Gasteiger partial charge in [0.25, 0.3) is 0 Å². The van der Waals surface area contributed by atoms with Gasteiger partial charge in [-0.3, -0.25) is 0 Å². The van der Waals surface area contributed by atoms with Crippen molar-refractivity contribution in [3.63, 3.8) is 0 Å². The van der Waals surface area contributed by atoms with Crippen molar-refractivity contribution in [3.8, 4) is 5.75 Å². The highest BCUT2D eigenvalue weighted by Crippen LogP contribution is 2.35. The molecule has 0 bridgehead atoms. The number of thiophene rings is 1. The molecule has 0 aliphatic rings. The van der Waals surface area contributed by atoms with Crippen LogP contribution in [0.1, 0.15) is 0 Å². The van der Waals surface area contributed by atoms with E-state index in [1.807, 2.05) is 0 Å². The lowest BCUT2D eigenvalue weighted by Crippen LogP contribution is -1.73. The van der Waals surface area contributed by atoms with Gasteiger partial charge in [-0.05, 0) is 6.07 Å². The zero-order valence-corrected chi connectivity index (χ0v) is 7.62. The molecule has 0 aliphatic carbocycles. The summed E-state index contributed by atoms with van der Waals surface area (Å²) < 4.78 is 13.4. The van der Waals surface area contributed by atoms with Crippen LogP contribution in [0.2, 0.25) is 0 Å². The van der Waals surface area contributed by atoms with Crippen LogP contribution in [0.15, 0.2) is 22.4 Å². The van der Waals surface area contributed by atoms with E-state index in [0.717, 1.165) is 10.8 Å². The van der Waals surface area contributed by atoms with Gasteiger partial charge in [0.05, 0.1) is 0 Å². The average Bonchev–Trinajstić information content (AvgIpc) is 2.31. The number of benzene rings is 1. The van der Waals surface area contributed by atoms with E-state index in [1.165, 1.54) is 17.4 Å². The molecule has 1 N–H and O–H groups in total. The van der Waals surface area contributed by atoms with Crippen LogP contribution in [0.5, 0.6) is 5.75 Å². The molecule has 0 fully saturated rings. The minimum absolute atomic E-state index is 0.0451. The maximum Gasteiger partial charge on any atom is 0.128 e. The molecule has 62 valence electrons. The lowest BCUT2D eigenvalue weighted by molar-refractivity contribution is 0.475. The molecule has 2 aromatic rings. The first kappa shape index (κ1) is 7.89. The third-order valence-corrected chi connectivity index (χ3v) is 3.06. The van der Waals surface area contributed by atoms with Gasteiger partial charge in [-0.25, -0.2) is 4.39 Å². The van der Waals surface area contributed by atoms with Crippen molar-refractivity contribution in [2.75, 3.05) is 0 Å². The fourth-order valence-corrected chi connectivity index (χ4v) is 2.43. The molecule has 1 nitrogen and oxygen atoms in total. The third-order valence-electron chi connectivity index (χ3n) is 1.60. The Bertz CT molecular complexity index is 436. The second-order valence-electron chi connectivity index (χ2n) is 2.42. The molecule has 0 unspecified atom stereocenters. The Labute approximate surface area is 77.9 Å². The van der Waals surface area contributed by atoms with Crippen LogP contribution in [0.4, 0.5) is 4.39 Å². The highest BCUT2D eigenvalue weighted by molar-refractivity contribution is 7.80. The maximum atomic E-state index is 12.7. The normalized spacial score (nSPS) is 10.8. The molecule has 1 heterocycles. The zero-order chi connectivity index (χ0) is 8.72. The summed E-state index contributed by atoms with van der Waals surface area (Å²) in [5.74, 6) is -0.466. The number of hydrogen-bond donors (Lipinski definition) is 2. The summed E-state index contributed by atoms with van der Waals surface area (Å²) in [5.41, 5.74) is 0. The summed E-state index contributed by atoms with van der Waals surface area (Å²) >= 11 is 5.50. The highest BCUT2D eigenvalue weighted by Gasteiger charge is 2.07. The van der Waals surface area contributed by atoms with Gasteiger partial charge < -0.3 is 5.11 Å². The van der Waals surface area contributed by atoms with Crippen molar-refractivity contribution < 1.29 is 9.50 Å². The van der Waals surface area contributed by atoms with Crippen molar-refractivity contribution in [2.45, 2.75) is 4.90 Å². The lowest BCUT2D eigenvalue weighted by atomic mass is 10.2. The van der Waals surface area contributed by atoms with Crippen molar-refractivity contribution in [1.82, 2.24) is 0 Å². The summed E-state index contributed by atoms with van der Waals surface area (Å²) in [6.45, 7) is 0. The first-order valence-electron chi connectivity index (χ1n) is 3.27. The highest BCUT2D eigenvalue weighted by atomic mass is 32.1. The smallest absolute Gasteiger partial charge is 0.128 e. The van der Waals surface area contributed by atoms with Crippen LogP contribution in [0.25, 0.3) is 10.1 Å². The number of hydrogen-bond acceptors (Lipinski definition) is 3. The van der Waals surface area contributed by atoms with Crippen molar-refractivity contribution in [2.24, 2.45) is 0 Å². The fourth-order valence-electron chi connectivity index (χ4n) is 1.10. The molecule has 1 aromatic heterocycles. The molecule has 0 aliphatic heterocycles. The molecule has 0 amide bonds. The summed E-state index contributed by atoms with van der Waals surface area (Å²) in [6, 6.07) is 2.48. The Kier molecular flexibility index (Phi) is 1.73. The van der Waals surface area contributed by atoms with E-state index in [-0.39, 0.29) is 5.75 Å². The summed E-state index contributed by atoms with van der Waals surface area (Å²) in [6.07, 6.45) is 0. The summed E-state index contributed by atoms with van der Waals surface area (Å²) in [7, 11) is 0. The predicted molar refractivity (Wildman–Crippen MR) is 50.7 cm³/mol. The molecule has 1 aromatic carbocycles. The molecule has 0 saturated heterocycles. The largest absolute Gasteiger partial charge is 0.507 e. The van der Waals surface area contributed by atoms with Crippen molar-refractivity contribution >= 4 is 34.1 Å². The minimum atomic E-state index is -0.421. The van der Waals surface area contributed by atoms with Gasteiger partial charge >= 0.3 is 0 Å². The van der Waals surface area contributed by atoms with E-state index < -0.39 is 5.82 Å². The van der Waals surface area contributed by atoms with E-state index in [1.54, 1.807) is 5.38 Å². The Morgan fingerprint density at radius 3 is 2.92 bits per heavy atom. The second-order valence-corrected chi connectivity index (χ2v) is 3.81. The quantitative estimate of drug-likeness (QED) is 0.626. The maximum absolute atomic E-state index is 12.7. The Morgan fingerprint density at radius 1 is 1.42 bits per heavy atom. The molecule has 0 atom stereocenters. The number of phenolic OH excluding ortho intramolecular Hbond substituents is 1. The van der Waals surface area contributed by atoms with Gasteiger partial charge in [0.15, 0.2) is 0 Å². The molecule has 0 spiro atoms. The fraction of sp³-hybridized carbons (Fsp3) is 0. The van der Waals surface area contributed by atoms with E-state index in [4.69, 9.17) is 0 Å². The average molecular weight is 200 g/mol. The lowest BCUT2D eigenvalue weighted by Gasteiger charge is -1.95. The van der Waals surface area contributed by atoms with Crippen LogP contribution in [0.3, 0.4) is 0 Å². The van der Waals surface area contributed by atoms with Crippen molar-refractivity contribution in [3.05, 3.63) is 23.3 Å². The Hall–Kier alpha value is -0.740. The van der Waals surface area contributed by atoms with Crippen LogP contribution in [-0.2, 0) is 0 Å². The summed E-state index contributed by atoms with van der Waals surface area (Å²) in [5, 5.41) is 11.7. The van der Waals surface area contributed by atoms with E-state index in [0.29, 0.717) is 10.3 Å². The van der Waals surface area contributed by atoms with Gasteiger partial charge in [0.2, 0.25) is 0 Å². The number of phenols is 1. The molecule has 4 heteroatoms. The van der Waals surface area contributed by atoms with Crippen LogP contribution >= 0.6 is 24.0 Å². The molecular weight excluding hydrogens is 195 g/mol. The van der Waals surface area contributed by atoms with Gasteiger partial charge in [-0.15, -0.1) is 24.0 Å². The first-order valence-corrected chi connectivity index (χ1v) is 4.60. The van der Waals surface area contributed by atoms with Crippen LogP contribution < -0.4 is 0 Å². The standard InChI is InChI=1S/C8H5FOS2/c9-4-1-5(10)8-6(11)3-12-7(8)2-4/h1-3,10-11H. The van der Waals surface area contributed by atoms with Gasteiger partial charge in [0, 0.05) is 26.4 Å². The van der Waals surface area contributed by atoms with Gasteiger partial charge in [-0.2, -0.15) is 0 Å². The topological polar surface area (TPSA) is 20.2 Å². The number of thiol groups is 1. The Morgan fingerprint density at radius 2 is 2.17 bits per heavy atom. The minimum Gasteiger partial charge on any atom is -0.507 e. The zero-order valence-electron chi connectivity index (χ0n) is 5.91. The number of rotatable bonds is 0. The van der Waals surface area contributed by atoms with E-state index in [2.05, 4.69) is 12.6 Å². The number of aromatic hydroxyl groups is 1. The first-order chi connectivity index (χ1) is 5.68. The van der Waals surface area contributed by atoms with Crippen LogP contribution in [-0.4, -0.2) is 5.11 Å². The number of fused-ring (bicyclic) bond motifs is 1. The molecule has 0 radical (unpaired) electrons. The van der Waals surface area contributed by atoms with E-state index in [9.17, 15) is 9.50 Å². The van der Waals surface area contributed by atoms with Crippen molar-refractivity contribution in [1.29, 1.82) is 0 Å². The molecule has 0 saturated carbocycles. The Balaban J connectivity index is 2.93. The van der Waals surface area contributed by atoms with Gasteiger partial charge in [0.1, 0.15) is 11.6 Å². The van der Waals surface area contributed by atoms with E-state index >= 15 is 0 Å². The molecule has 12 heavy (non-hydrogen) atoms. The third kappa shape index (κ3) is 1.07. The number of halogens is 1. The monoisotopic (exact) mass is 200 g/mol. The summed E-state index contributed by atoms with van der Waals surface area (Å²) in [4.78, 5) is 0.688. The SMILES string of the molecule is Oc1cc(F)cc2scc(S)c12. The van der Waals surface area contributed by atoms with Gasteiger partial charge in [-0.1, -0.05) is 0 Å². The second kappa shape index (κ2) is 2.64. The van der Waals surface area contributed by atoms with Crippen LogP contribution in [0, 0.1) is 5.82 Å². The molecule has 2 rings (SSSR count). The molecular formula is C8H5FOS2. The predicted octanol–water partition coefficient (Wildman–Crippen LogP) is 3.03.